The van der Waals surface area contributed by atoms with Gasteiger partial charge in [-0.05, 0) is 48.4 Å². The quantitative estimate of drug-likeness (QED) is 0.560. The van der Waals surface area contributed by atoms with E-state index < -0.39 is 0 Å². The summed E-state index contributed by atoms with van der Waals surface area (Å²) in [6.07, 6.45) is 1.96. The first-order valence-electron chi connectivity index (χ1n) is 12.5. The van der Waals surface area contributed by atoms with Crippen LogP contribution in [-0.2, 0) is 22.4 Å². The summed E-state index contributed by atoms with van der Waals surface area (Å²) in [4.78, 5) is 29.4. The highest BCUT2D eigenvalue weighted by Crippen LogP contribution is 2.17. The maximum Gasteiger partial charge on any atom is 0.238 e. The summed E-state index contributed by atoms with van der Waals surface area (Å²) in [5.41, 5.74) is 4.50. The monoisotopic (exact) mass is 464 g/mol. The minimum absolute atomic E-state index is 0.0142. The molecule has 184 valence electrons. The number of nitrogens with one attached hydrogen (secondary N) is 2. The molecule has 2 N–H and O–H groups in total. The van der Waals surface area contributed by atoms with E-state index in [-0.39, 0.29) is 17.9 Å². The van der Waals surface area contributed by atoms with Gasteiger partial charge >= 0.3 is 0 Å². The van der Waals surface area contributed by atoms with Crippen molar-refractivity contribution >= 4 is 17.5 Å². The second kappa shape index (κ2) is 12.7. The normalized spacial score (nSPS) is 15.8. The van der Waals surface area contributed by atoms with Gasteiger partial charge in [0.2, 0.25) is 11.8 Å². The summed E-state index contributed by atoms with van der Waals surface area (Å²) in [6.45, 7) is 12.5. The molecule has 2 amide bonds. The van der Waals surface area contributed by atoms with Gasteiger partial charge in [-0.15, -0.1) is 0 Å². The van der Waals surface area contributed by atoms with Crippen molar-refractivity contribution in [3.8, 4) is 0 Å². The highest BCUT2D eigenvalue weighted by molar-refractivity contribution is 5.93. The standard InChI is InChI=1S/C28H40N4O2/c1-5-24-8-6-7-9-26(24)30-28(34)20-32-16-14-31(15-17-32)19-27(33)29-22(4)25-12-10-23(11-13-25)18-21(2)3/h6-13,21-22H,5,14-20H2,1-4H3,(H,29,33)(H,30,34). The molecule has 0 aromatic heterocycles. The third kappa shape index (κ3) is 7.96. The van der Waals surface area contributed by atoms with Gasteiger partial charge in [0.25, 0.3) is 0 Å². The van der Waals surface area contributed by atoms with E-state index in [1.54, 1.807) is 0 Å². The van der Waals surface area contributed by atoms with E-state index in [1.807, 2.05) is 31.2 Å². The van der Waals surface area contributed by atoms with Crippen molar-refractivity contribution in [3.63, 3.8) is 0 Å². The van der Waals surface area contributed by atoms with E-state index in [9.17, 15) is 9.59 Å². The molecule has 3 rings (SSSR count). The van der Waals surface area contributed by atoms with E-state index in [0.717, 1.165) is 55.8 Å². The molecule has 6 nitrogen and oxygen atoms in total. The van der Waals surface area contributed by atoms with Crippen LogP contribution in [0.5, 0.6) is 0 Å². The predicted octanol–water partition coefficient (Wildman–Crippen LogP) is 3.88. The average Bonchev–Trinajstić information content (AvgIpc) is 2.80. The fourth-order valence-corrected chi connectivity index (χ4v) is 4.44. The van der Waals surface area contributed by atoms with Crippen molar-refractivity contribution in [2.45, 2.75) is 46.6 Å². The Balaban J connectivity index is 1.38. The van der Waals surface area contributed by atoms with Crippen LogP contribution in [0.15, 0.2) is 48.5 Å². The molecule has 0 saturated carbocycles. The third-order valence-corrected chi connectivity index (χ3v) is 6.37. The van der Waals surface area contributed by atoms with Gasteiger partial charge in [-0.2, -0.15) is 0 Å². The Morgan fingerprint density at radius 1 is 0.853 bits per heavy atom. The maximum absolute atomic E-state index is 12.6. The molecule has 1 heterocycles. The van der Waals surface area contributed by atoms with Gasteiger partial charge < -0.3 is 10.6 Å². The van der Waals surface area contributed by atoms with Gasteiger partial charge in [0.15, 0.2) is 0 Å². The zero-order valence-corrected chi connectivity index (χ0v) is 21.1. The molecule has 6 heteroatoms. The van der Waals surface area contributed by atoms with Crippen molar-refractivity contribution in [2.24, 2.45) is 5.92 Å². The first kappa shape index (κ1) is 25.9. The first-order valence-corrected chi connectivity index (χ1v) is 12.5. The summed E-state index contributed by atoms with van der Waals surface area (Å²) in [5.74, 6) is 0.692. The fourth-order valence-electron chi connectivity index (χ4n) is 4.44. The Kier molecular flexibility index (Phi) is 9.66. The van der Waals surface area contributed by atoms with Crippen LogP contribution in [0.3, 0.4) is 0 Å². The number of hydrogen-bond acceptors (Lipinski definition) is 4. The SMILES string of the molecule is CCc1ccccc1NC(=O)CN1CCN(CC(=O)NC(C)c2ccc(CC(C)C)cc2)CC1. The van der Waals surface area contributed by atoms with Crippen LogP contribution in [-0.4, -0.2) is 60.9 Å². The van der Waals surface area contributed by atoms with Crippen molar-refractivity contribution in [1.82, 2.24) is 15.1 Å². The van der Waals surface area contributed by atoms with Crippen LogP contribution in [0.2, 0.25) is 0 Å². The Morgan fingerprint density at radius 3 is 2.03 bits per heavy atom. The van der Waals surface area contributed by atoms with Crippen LogP contribution in [0.25, 0.3) is 0 Å². The molecular weight excluding hydrogens is 424 g/mol. The molecule has 34 heavy (non-hydrogen) atoms. The Labute approximate surface area is 204 Å². The highest BCUT2D eigenvalue weighted by Gasteiger charge is 2.21. The summed E-state index contributed by atoms with van der Waals surface area (Å²) >= 11 is 0. The van der Waals surface area contributed by atoms with Gasteiger partial charge in [-0.25, -0.2) is 0 Å². The number of nitrogens with zero attached hydrogens (tertiary/aromatic N) is 2. The lowest BCUT2D eigenvalue weighted by molar-refractivity contribution is -0.124. The maximum atomic E-state index is 12.6. The lowest BCUT2D eigenvalue weighted by Gasteiger charge is -2.34. The molecule has 0 radical (unpaired) electrons. The van der Waals surface area contributed by atoms with Gasteiger partial charge in [0.05, 0.1) is 19.1 Å². The second-order valence-electron chi connectivity index (χ2n) is 9.74. The number of amides is 2. The molecule has 1 aliphatic heterocycles. The van der Waals surface area contributed by atoms with Gasteiger partial charge in [0.1, 0.15) is 0 Å². The minimum Gasteiger partial charge on any atom is -0.348 e. The fraction of sp³-hybridized carbons (Fsp3) is 0.500. The van der Waals surface area contributed by atoms with E-state index >= 15 is 0 Å². The molecule has 1 saturated heterocycles. The number of rotatable bonds is 10. The third-order valence-electron chi connectivity index (χ3n) is 6.37. The number of piperazine rings is 1. The summed E-state index contributed by atoms with van der Waals surface area (Å²) < 4.78 is 0. The van der Waals surface area contributed by atoms with E-state index in [2.05, 4.69) is 65.5 Å². The smallest absolute Gasteiger partial charge is 0.238 e. The molecule has 1 aliphatic rings. The van der Waals surface area contributed by atoms with E-state index in [4.69, 9.17) is 0 Å². The van der Waals surface area contributed by atoms with Crippen LogP contribution in [0.1, 0.15) is 50.4 Å². The number of benzene rings is 2. The van der Waals surface area contributed by atoms with Crippen molar-refractivity contribution in [2.75, 3.05) is 44.6 Å². The topological polar surface area (TPSA) is 64.7 Å². The Bertz CT molecular complexity index is 934. The molecule has 0 aliphatic carbocycles. The van der Waals surface area contributed by atoms with Gasteiger partial charge in [0, 0.05) is 31.9 Å². The lowest BCUT2D eigenvalue weighted by atomic mass is 10.00. The minimum atomic E-state index is -0.0171. The van der Waals surface area contributed by atoms with Crippen LogP contribution in [0.4, 0.5) is 5.69 Å². The molecular formula is C28H40N4O2. The summed E-state index contributed by atoms with van der Waals surface area (Å²) in [6, 6.07) is 16.5. The number of anilines is 1. The predicted molar refractivity (Wildman–Crippen MR) is 139 cm³/mol. The van der Waals surface area contributed by atoms with Crippen molar-refractivity contribution < 1.29 is 9.59 Å². The van der Waals surface area contributed by atoms with Gasteiger partial charge in [-0.1, -0.05) is 63.2 Å². The number of hydrogen-bond donors (Lipinski definition) is 2. The number of carbonyl (C=O) groups excluding carboxylic acids is 2. The zero-order valence-electron chi connectivity index (χ0n) is 21.1. The molecule has 2 aromatic carbocycles. The zero-order chi connectivity index (χ0) is 24.5. The molecule has 0 spiro atoms. The van der Waals surface area contributed by atoms with E-state index in [1.165, 1.54) is 5.56 Å². The number of aryl methyl sites for hydroxylation is 1. The summed E-state index contributed by atoms with van der Waals surface area (Å²) in [7, 11) is 0. The van der Waals surface area contributed by atoms with Gasteiger partial charge in [-0.3, -0.25) is 19.4 Å². The Morgan fingerprint density at radius 2 is 1.44 bits per heavy atom. The van der Waals surface area contributed by atoms with E-state index in [0.29, 0.717) is 19.0 Å². The van der Waals surface area contributed by atoms with Crippen LogP contribution in [0, 0.1) is 5.92 Å². The number of para-hydroxylation sites is 1. The largest absolute Gasteiger partial charge is 0.348 e. The molecule has 2 aromatic rings. The first-order chi connectivity index (χ1) is 16.3. The molecule has 1 fully saturated rings. The average molecular weight is 465 g/mol. The molecule has 0 bridgehead atoms. The van der Waals surface area contributed by atoms with Crippen molar-refractivity contribution in [3.05, 3.63) is 65.2 Å². The second-order valence-corrected chi connectivity index (χ2v) is 9.74. The molecule has 1 unspecified atom stereocenters. The summed E-state index contributed by atoms with van der Waals surface area (Å²) in [5, 5.41) is 6.17. The molecule has 1 atom stereocenters. The number of carbonyl (C=O) groups is 2. The van der Waals surface area contributed by atoms with Crippen LogP contribution < -0.4 is 10.6 Å². The van der Waals surface area contributed by atoms with Crippen LogP contribution >= 0.6 is 0 Å². The Hall–Kier alpha value is -2.70. The highest BCUT2D eigenvalue weighted by atomic mass is 16.2. The van der Waals surface area contributed by atoms with Crippen molar-refractivity contribution in [1.29, 1.82) is 0 Å². The lowest BCUT2D eigenvalue weighted by Crippen LogP contribution is -2.51.